The summed E-state index contributed by atoms with van der Waals surface area (Å²) < 4.78 is 52.5. The average molecular weight is 662 g/mol. The molecule has 1 amide bonds. The first-order valence-electron chi connectivity index (χ1n) is 13.1. The number of amides is 1. The molecular weight excluding hydrogens is 635 g/mol. The number of rotatable bonds is 10. The van der Waals surface area contributed by atoms with Gasteiger partial charge in [0.2, 0.25) is 5.95 Å². The number of hydrogen-bond donors (Lipinski definition) is 1. The van der Waals surface area contributed by atoms with Crippen LogP contribution >= 0.6 is 19.2 Å². The van der Waals surface area contributed by atoms with Crippen LogP contribution in [0.15, 0.2) is 36.1 Å². The van der Waals surface area contributed by atoms with Crippen LogP contribution in [0.25, 0.3) is 22.0 Å². The zero-order valence-corrected chi connectivity index (χ0v) is 27.1. The molecule has 1 N–H and O–H groups in total. The van der Waals surface area contributed by atoms with Gasteiger partial charge in [-0.3, -0.25) is 9.48 Å². The summed E-state index contributed by atoms with van der Waals surface area (Å²) in [6, 6.07) is 1.81. The number of nitrogens with one attached hydrogen (secondary N) is 1. The van der Waals surface area contributed by atoms with E-state index in [1.54, 1.807) is 10.9 Å². The summed E-state index contributed by atoms with van der Waals surface area (Å²) in [5.74, 6) is -2.32. The minimum Gasteiger partial charge on any atom is -0.790 e. The Hall–Kier alpha value is -2.14. The number of carbonyl (C=O) groups excluding carboxylic acids is 1. The van der Waals surface area contributed by atoms with Gasteiger partial charge in [0.25, 0.3) is 5.91 Å². The zero-order valence-electron chi connectivity index (χ0n) is 23.2. The van der Waals surface area contributed by atoms with Crippen molar-refractivity contribution < 1.29 is 37.2 Å². The minimum absolute atomic E-state index is 0. The monoisotopic (exact) mass is 661 g/mol. The summed E-state index contributed by atoms with van der Waals surface area (Å²) in [5, 5.41) is 13.1. The van der Waals surface area contributed by atoms with E-state index in [4.69, 9.17) is 4.74 Å². The predicted molar refractivity (Wildman–Crippen MR) is 149 cm³/mol. The van der Waals surface area contributed by atoms with Crippen LogP contribution in [0.4, 0.5) is 14.5 Å². The number of halogens is 2. The number of thiazole rings is 1. The fourth-order valence-corrected chi connectivity index (χ4v) is 5.97. The van der Waals surface area contributed by atoms with E-state index in [0.29, 0.717) is 17.2 Å². The SMILES string of the molecule is CCOC1CCC(n2cc(NC(=O)c3csc(-c4cnn(C(C)OP(=O)([O-])[O-])c4)n3)c(-c3nc(F)ccc3F)n2)CC1.[Ca+2]. The molecule has 0 bridgehead atoms. The molecule has 4 aromatic rings. The Balaban J connectivity index is 0.00000423. The van der Waals surface area contributed by atoms with Crippen molar-refractivity contribution in [3.05, 3.63) is 53.6 Å². The summed E-state index contributed by atoms with van der Waals surface area (Å²) in [4.78, 5) is 43.0. The Morgan fingerprint density at radius 2 is 1.93 bits per heavy atom. The standard InChI is InChI=1S/C25H28F2N7O6PS.Ca/c1-3-39-17-6-4-16(5-7-17)34-12-19(23(32-34)22-18(26)8-9-21(27)31-22)29-24(35)20-13-42-25(30-20)15-10-28-33(11-15)14(2)40-41(36,37)38;/h8-14,16-17H,3-7H2,1-2H3,(H,29,35)(H2,36,37,38);/q;+2/p-2. The van der Waals surface area contributed by atoms with Gasteiger partial charge in [-0.2, -0.15) is 14.6 Å². The van der Waals surface area contributed by atoms with E-state index in [0.717, 1.165) is 53.8 Å². The van der Waals surface area contributed by atoms with Gasteiger partial charge in [-0.1, -0.05) is 0 Å². The van der Waals surface area contributed by atoms with Gasteiger partial charge in [0.05, 0.1) is 31.9 Å². The number of phosphoric acid groups is 1. The van der Waals surface area contributed by atoms with Crippen molar-refractivity contribution in [3.8, 4) is 22.0 Å². The van der Waals surface area contributed by atoms with Crippen molar-refractivity contribution in [2.24, 2.45) is 0 Å². The van der Waals surface area contributed by atoms with E-state index in [-0.39, 0.29) is 72.7 Å². The summed E-state index contributed by atoms with van der Waals surface area (Å²) in [7, 11) is -5.23. The molecule has 13 nitrogen and oxygen atoms in total. The van der Waals surface area contributed by atoms with E-state index < -0.39 is 31.7 Å². The first kappa shape index (κ1) is 33.7. The fourth-order valence-electron chi connectivity index (χ4n) is 4.72. The van der Waals surface area contributed by atoms with Gasteiger partial charge < -0.3 is 28.9 Å². The molecule has 4 aromatic heterocycles. The van der Waals surface area contributed by atoms with Crippen molar-refractivity contribution in [2.45, 2.75) is 57.9 Å². The van der Waals surface area contributed by atoms with Crippen molar-refractivity contribution in [1.29, 1.82) is 0 Å². The number of carbonyl (C=O) groups is 1. The molecule has 1 saturated carbocycles. The smallest absolute Gasteiger partial charge is 0.790 e. The van der Waals surface area contributed by atoms with Gasteiger partial charge in [0, 0.05) is 29.9 Å². The quantitative estimate of drug-likeness (QED) is 0.151. The van der Waals surface area contributed by atoms with E-state index in [1.165, 1.54) is 24.7 Å². The van der Waals surface area contributed by atoms with Crippen molar-refractivity contribution >= 4 is 68.5 Å². The van der Waals surface area contributed by atoms with Gasteiger partial charge in [-0.05, 0) is 51.7 Å². The molecule has 1 fully saturated rings. The van der Waals surface area contributed by atoms with E-state index in [9.17, 15) is 27.9 Å². The second-order valence-corrected chi connectivity index (χ2v) is 11.5. The first-order chi connectivity index (χ1) is 20.0. The van der Waals surface area contributed by atoms with Gasteiger partial charge in [0.1, 0.15) is 22.1 Å². The number of anilines is 1. The summed E-state index contributed by atoms with van der Waals surface area (Å²) >= 11 is 1.12. The van der Waals surface area contributed by atoms with Gasteiger partial charge in [-0.15, -0.1) is 11.3 Å². The normalized spacial score (nSPS) is 17.8. The third-order valence-corrected chi connectivity index (χ3v) is 8.13. The van der Waals surface area contributed by atoms with Crippen molar-refractivity contribution in [2.75, 3.05) is 11.9 Å². The minimum atomic E-state index is -5.23. The summed E-state index contributed by atoms with van der Waals surface area (Å²) in [6.07, 6.45) is 6.50. The van der Waals surface area contributed by atoms with Crippen LogP contribution in [0.2, 0.25) is 0 Å². The maximum Gasteiger partial charge on any atom is 2.00 e. The van der Waals surface area contributed by atoms with Crippen LogP contribution in [0.1, 0.15) is 62.3 Å². The molecule has 1 atom stereocenters. The molecular formula is C25H26CaF2N7O6PS. The topological polar surface area (TPSA) is 172 Å². The summed E-state index contributed by atoms with van der Waals surface area (Å²) in [6.45, 7) is 3.90. The third-order valence-electron chi connectivity index (χ3n) is 6.68. The molecule has 43 heavy (non-hydrogen) atoms. The Morgan fingerprint density at radius 3 is 2.63 bits per heavy atom. The first-order valence-corrected chi connectivity index (χ1v) is 15.4. The Morgan fingerprint density at radius 1 is 1.19 bits per heavy atom. The largest absolute Gasteiger partial charge is 2.00 e. The van der Waals surface area contributed by atoms with E-state index in [2.05, 4.69) is 30.0 Å². The van der Waals surface area contributed by atoms with Gasteiger partial charge in [0.15, 0.2) is 12.0 Å². The van der Waals surface area contributed by atoms with Crippen LogP contribution in [0, 0.1) is 11.8 Å². The zero-order chi connectivity index (χ0) is 30.0. The molecule has 5 rings (SSSR count). The third kappa shape index (κ3) is 8.32. The molecule has 18 heteroatoms. The maximum absolute atomic E-state index is 14.7. The Bertz CT molecular complexity index is 1620. The molecule has 1 unspecified atom stereocenters. The second kappa shape index (κ2) is 14.3. The number of ether oxygens (including phenoxy) is 1. The number of nitrogens with zero attached hydrogens (tertiary/aromatic N) is 6. The van der Waals surface area contributed by atoms with E-state index >= 15 is 0 Å². The van der Waals surface area contributed by atoms with Gasteiger partial charge in [-0.25, -0.2) is 19.0 Å². The second-order valence-electron chi connectivity index (χ2n) is 9.57. The van der Waals surface area contributed by atoms with Crippen LogP contribution in [-0.2, 0) is 13.8 Å². The summed E-state index contributed by atoms with van der Waals surface area (Å²) in [5.41, 5.74) is 0.252. The molecule has 0 saturated heterocycles. The molecule has 0 aromatic carbocycles. The van der Waals surface area contributed by atoms with Crippen molar-refractivity contribution in [1.82, 2.24) is 29.5 Å². The van der Waals surface area contributed by atoms with E-state index in [1.807, 2.05) is 6.92 Å². The molecule has 1 aliphatic rings. The molecule has 1 aliphatic carbocycles. The number of phosphoric ester groups is 1. The Kier molecular flexibility index (Phi) is 11.2. The van der Waals surface area contributed by atoms with Gasteiger partial charge >= 0.3 is 37.7 Å². The van der Waals surface area contributed by atoms with Crippen LogP contribution < -0.4 is 15.1 Å². The van der Waals surface area contributed by atoms with Crippen LogP contribution in [0.3, 0.4) is 0 Å². The van der Waals surface area contributed by atoms with Crippen LogP contribution in [-0.4, -0.2) is 85.9 Å². The predicted octanol–water partition coefficient (Wildman–Crippen LogP) is 3.30. The molecule has 224 valence electrons. The molecule has 0 aliphatic heterocycles. The average Bonchev–Trinajstić information content (AvgIpc) is 3.70. The molecule has 0 radical (unpaired) electrons. The van der Waals surface area contributed by atoms with Crippen LogP contribution in [0.5, 0.6) is 0 Å². The van der Waals surface area contributed by atoms with Crippen molar-refractivity contribution in [3.63, 3.8) is 0 Å². The fraction of sp³-hybridized carbons (Fsp3) is 0.400. The molecule has 4 heterocycles. The number of pyridine rings is 1. The Labute approximate surface area is 278 Å². The number of aromatic nitrogens is 6. The number of hydrogen-bond acceptors (Lipinski definition) is 11. The maximum atomic E-state index is 14.7. The molecule has 0 spiro atoms.